The number of aromatic nitrogens is 1. The average Bonchev–Trinajstić information content (AvgIpc) is 3.01. The molecular weight excluding hydrogens is 404 g/mol. The van der Waals surface area contributed by atoms with Crippen LogP contribution in [0.3, 0.4) is 0 Å². The highest BCUT2D eigenvalue weighted by Crippen LogP contribution is 2.22. The second-order valence-corrected chi connectivity index (χ2v) is 8.06. The van der Waals surface area contributed by atoms with Crippen molar-refractivity contribution in [3.8, 4) is 0 Å². The first-order chi connectivity index (χ1) is 13.0. The number of amides is 1. The predicted octanol–water partition coefficient (Wildman–Crippen LogP) is 4.25. The summed E-state index contributed by atoms with van der Waals surface area (Å²) in [4.78, 5) is 29.1. The van der Waals surface area contributed by atoms with E-state index in [1.54, 1.807) is 36.0 Å². The van der Waals surface area contributed by atoms with E-state index in [0.717, 1.165) is 22.5 Å². The molecule has 1 aromatic heterocycles. The zero-order valence-electron chi connectivity index (χ0n) is 14.8. The van der Waals surface area contributed by atoms with E-state index in [9.17, 15) is 9.59 Å². The Hall–Kier alpha value is -2.09. The summed E-state index contributed by atoms with van der Waals surface area (Å²) >= 11 is 9.26. The molecule has 0 aliphatic heterocycles. The van der Waals surface area contributed by atoms with Crippen LogP contribution < -0.4 is 4.80 Å². The summed E-state index contributed by atoms with van der Waals surface area (Å²) in [5, 5.41) is 0.650. The highest BCUT2D eigenvalue weighted by atomic mass is 35.5. The summed E-state index contributed by atoms with van der Waals surface area (Å²) in [5.41, 5.74) is 1.81. The van der Waals surface area contributed by atoms with Gasteiger partial charge in [-0.3, -0.25) is 4.79 Å². The fourth-order valence-corrected chi connectivity index (χ4v) is 4.24. The first kappa shape index (κ1) is 19.7. The van der Waals surface area contributed by atoms with Gasteiger partial charge in [-0.1, -0.05) is 22.9 Å². The number of methoxy groups -OCH3 is 1. The van der Waals surface area contributed by atoms with Crippen molar-refractivity contribution in [3.63, 3.8) is 0 Å². The van der Waals surface area contributed by atoms with E-state index < -0.39 is 5.97 Å². The number of carbonyl (C=O) groups excluding carboxylic acids is 2. The second kappa shape index (κ2) is 8.73. The van der Waals surface area contributed by atoms with Crippen molar-refractivity contribution in [1.29, 1.82) is 0 Å². The monoisotopic (exact) mass is 420 g/mol. The molecule has 140 valence electrons. The van der Waals surface area contributed by atoms with Crippen LogP contribution in [0, 0.1) is 0 Å². The van der Waals surface area contributed by atoms with Gasteiger partial charge in [0.15, 0.2) is 4.80 Å². The van der Waals surface area contributed by atoms with Crippen LogP contribution in [-0.4, -0.2) is 35.6 Å². The van der Waals surface area contributed by atoms with Crippen molar-refractivity contribution in [2.75, 3.05) is 19.1 Å². The number of nitrogens with zero attached hydrogens (tertiary/aromatic N) is 2. The number of hydrogen-bond donors (Lipinski definition) is 0. The molecule has 3 aromatic rings. The van der Waals surface area contributed by atoms with Crippen molar-refractivity contribution < 1.29 is 14.3 Å². The van der Waals surface area contributed by atoms with E-state index >= 15 is 0 Å². The predicted molar refractivity (Wildman–Crippen MR) is 111 cm³/mol. The molecule has 0 bridgehead atoms. The van der Waals surface area contributed by atoms with Crippen molar-refractivity contribution in [2.45, 2.75) is 6.54 Å². The van der Waals surface area contributed by atoms with Crippen LogP contribution in [0.15, 0.2) is 47.5 Å². The Morgan fingerprint density at radius 1 is 1.19 bits per heavy atom. The molecule has 1 amide bonds. The molecule has 0 unspecified atom stereocenters. The molecule has 0 radical (unpaired) electrons. The number of halogens is 1. The molecule has 0 aliphatic rings. The van der Waals surface area contributed by atoms with Crippen LogP contribution in [0.5, 0.6) is 0 Å². The van der Waals surface area contributed by atoms with Gasteiger partial charge in [0.2, 0.25) is 0 Å². The third-order valence-corrected chi connectivity index (χ3v) is 5.78. The zero-order valence-corrected chi connectivity index (χ0v) is 17.2. The minimum atomic E-state index is -0.442. The van der Waals surface area contributed by atoms with Crippen LogP contribution in [0.4, 0.5) is 0 Å². The number of carbonyl (C=O) groups is 2. The lowest BCUT2D eigenvalue weighted by molar-refractivity contribution is 0.0600. The van der Waals surface area contributed by atoms with Gasteiger partial charge >= 0.3 is 5.97 Å². The molecule has 1 heterocycles. The average molecular weight is 421 g/mol. The second-order valence-electron chi connectivity index (χ2n) is 5.63. The number of rotatable bonds is 5. The molecule has 0 aliphatic carbocycles. The Kier molecular flexibility index (Phi) is 6.36. The van der Waals surface area contributed by atoms with Gasteiger partial charge in [-0.25, -0.2) is 4.79 Å². The Balaban J connectivity index is 2.01. The zero-order chi connectivity index (χ0) is 19.4. The van der Waals surface area contributed by atoms with Crippen molar-refractivity contribution in [1.82, 2.24) is 4.57 Å². The summed E-state index contributed by atoms with van der Waals surface area (Å²) < 4.78 is 7.68. The number of aryl methyl sites for hydroxylation is 1. The Morgan fingerprint density at radius 2 is 1.89 bits per heavy atom. The smallest absolute Gasteiger partial charge is 0.337 e. The number of benzene rings is 2. The molecule has 3 rings (SSSR count). The van der Waals surface area contributed by atoms with Gasteiger partial charge in [0.25, 0.3) is 5.91 Å². The quantitative estimate of drug-likeness (QED) is 0.579. The number of thioether (sulfide) groups is 1. The van der Waals surface area contributed by atoms with Crippen LogP contribution >= 0.6 is 34.7 Å². The maximum Gasteiger partial charge on any atom is 0.337 e. The van der Waals surface area contributed by atoms with Crippen molar-refractivity contribution in [3.05, 3.63) is 63.4 Å². The third kappa shape index (κ3) is 4.43. The molecule has 0 saturated carbocycles. The Bertz CT molecular complexity index is 1050. The third-order valence-electron chi connectivity index (χ3n) is 3.91. The van der Waals surface area contributed by atoms with Crippen LogP contribution in [0.25, 0.3) is 10.2 Å². The summed E-state index contributed by atoms with van der Waals surface area (Å²) in [6.45, 7) is 0.746. The van der Waals surface area contributed by atoms with Crippen LogP contribution in [0.2, 0.25) is 5.02 Å². The van der Waals surface area contributed by atoms with E-state index in [-0.39, 0.29) is 5.91 Å². The minimum Gasteiger partial charge on any atom is -0.465 e. The Labute approximate surface area is 169 Å². The lowest BCUT2D eigenvalue weighted by Crippen LogP contribution is -2.18. The molecule has 27 heavy (non-hydrogen) atoms. The fourth-order valence-electron chi connectivity index (χ4n) is 2.55. The van der Waals surface area contributed by atoms with E-state index in [1.807, 2.05) is 29.0 Å². The normalized spacial score (nSPS) is 11.7. The van der Waals surface area contributed by atoms with Crippen LogP contribution in [0.1, 0.15) is 20.7 Å². The number of ether oxygens (including phenoxy) is 1. The van der Waals surface area contributed by atoms with E-state index in [4.69, 9.17) is 11.6 Å². The molecular formula is C19H17ClN2O3S2. The van der Waals surface area contributed by atoms with E-state index in [0.29, 0.717) is 21.0 Å². The highest BCUT2D eigenvalue weighted by Gasteiger charge is 2.11. The first-order valence-corrected chi connectivity index (χ1v) is 10.7. The maximum absolute atomic E-state index is 12.6. The van der Waals surface area contributed by atoms with Gasteiger partial charge in [-0.05, 0) is 48.7 Å². The lowest BCUT2D eigenvalue weighted by atomic mass is 10.1. The Morgan fingerprint density at radius 3 is 2.56 bits per heavy atom. The standard InChI is InChI=1S/C19H17ClN2O3S2/c1-25-18(24)13-5-3-12(4-6-13)17(23)21-19-22(9-10-26-2)15-8-7-14(20)11-16(15)27-19/h3-8,11H,9-10H2,1-2H3. The topological polar surface area (TPSA) is 60.7 Å². The summed E-state index contributed by atoms with van der Waals surface area (Å²) in [7, 11) is 1.32. The largest absolute Gasteiger partial charge is 0.465 e. The SMILES string of the molecule is COC(=O)c1ccc(C(=O)N=c2sc3cc(Cl)ccc3n2CCSC)cc1. The number of fused-ring (bicyclic) bond motifs is 1. The van der Waals surface area contributed by atoms with Crippen molar-refractivity contribution >= 4 is 56.8 Å². The van der Waals surface area contributed by atoms with E-state index in [2.05, 4.69) is 9.73 Å². The van der Waals surface area contributed by atoms with Crippen LogP contribution in [-0.2, 0) is 11.3 Å². The molecule has 0 spiro atoms. The molecule has 8 heteroatoms. The summed E-state index contributed by atoms with van der Waals surface area (Å²) in [5.74, 6) is 0.105. The summed E-state index contributed by atoms with van der Waals surface area (Å²) in [6.07, 6.45) is 2.04. The molecule has 0 fully saturated rings. The summed E-state index contributed by atoms with van der Waals surface area (Å²) in [6, 6.07) is 11.9. The van der Waals surface area contributed by atoms with Gasteiger partial charge in [-0.15, -0.1) is 0 Å². The van der Waals surface area contributed by atoms with Gasteiger partial charge < -0.3 is 9.30 Å². The van der Waals surface area contributed by atoms with Gasteiger partial charge in [0, 0.05) is 22.9 Å². The number of esters is 1. The maximum atomic E-state index is 12.6. The van der Waals surface area contributed by atoms with Gasteiger partial charge in [-0.2, -0.15) is 16.8 Å². The van der Waals surface area contributed by atoms with E-state index in [1.165, 1.54) is 18.4 Å². The highest BCUT2D eigenvalue weighted by molar-refractivity contribution is 7.98. The molecule has 2 aromatic carbocycles. The number of thiazole rings is 1. The lowest BCUT2D eigenvalue weighted by Gasteiger charge is -2.04. The molecule has 0 N–H and O–H groups in total. The van der Waals surface area contributed by atoms with Crippen molar-refractivity contribution in [2.24, 2.45) is 4.99 Å². The molecule has 5 nitrogen and oxygen atoms in total. The molecule has 0 atom stereocenters. The minimum absolute atomic E-state index is 0.359. The number of hydrogen-bond acceptors (Lipinski definition) is 5. The molecule has 0 saturated heterocycles. The van der Waals surface area contributed by atoms with Gasteiger partial charge in [0.1, 0.15) is 0 Å². The first-order valence-electron chi connectivity index (χ1n) is 8.08. The fraction of sp³-hybridized carbons (Fsp3) is 0.211. The van der Waals surface area contributed by atoms with Gasteiger partial charge in [0.05, 0.1) is 22.9 Å².